The van der Waals surface area contributed by atoms with Gasteiger partial charge in [-0.2, -0.15) is 0 Å². The number of carbonyl (C=O) groups excluding carboxylic acids is 4. The number of nitrogens with zero attached hydrogens (tertiary/aromatic N) is 3. The third-order valence-electron chi connectivity index (χ3n) is 3.83. The molecule has 0 aromatic rings. The van der Waals surface area contributed by atoms with Crippen molar-refractivity contribution in [3.63, 3.8) is 0 Å². The lowest BCUT2D eigenvalue weighted by molar-refractivity contribution is -0.197. The Labute approximate surface area is 128 Å². The number of hydroxylamine groups is 2. The lowest BCUT2D eigenvalue weighted by Crippen LogP contribution is -2.47. The minimum absolute atomic E-state index is 0.0105. The van der Waals surface area contributed by atoms with Crippen molar-refractivity contribution < 1.29 is 24.0 Å². The number of piperazine rings is 1. The molecule has 2 fully saturated rings. The van der Waals surface area contributed by atoms with Crippen LogP contribution in [0.2, 0.25) is 0 Å². The SMILES string of the molecule is CN1CCN(C(=O)CCCC(=O)ON2C(=O)CCC2=O)CC1. The second-order valence-corrected chi connectivity index (χ2v) is 5.58. The van der Waals surface area contributed by atoms with Crippen LogP contribution < -0.4 is 0 Å². The maximum atomic E-state index is 12.0. The van der Waals surface area contributed by atoms with Crippen LogP contribution in [0.3, 0.4) is 0 Å². The summed E-state index contributed by atoms with van der Waals surface area (Å²) >= 11 is 0. The Morgan fingerprint density at radius 2 is 1.59 bits per heavy atom. The molecule has 8 nitrogen and oxygen atoms in total. The van der Waals surface area contributed by atoms with Crippen molar-refractivity contribution in [3.05, 3.63) is 0 Å². The first-order valence-electron chi connectivity index (χ1n) is 7.50. The number of carbonyl (C=O) groups is 4. The smallest absolute Gasteiger partial charge is 0.333 e. The molecule has 0 spiro atoms. The topological polar surface area (TPSA) is 87.2 Å². The highest BCUT2D eigenvalue weighted by Crippen LogP contribution is 2.13. The molecular weight excluding hydrogens is 290 g/mol. The Morgan fingerprint density at radius 1 is 1.00 bits per heavy atom. The third-order valence-corrected chi connectivity index (χ3v) is 3.83. The van der Waals surface area contributed by atoms with Gasteiger partial charge in [-0.3, -0.25) is 14.4 Å². The van der Waals surface area contributed by atoms with Gasteiger partial charge in [0.05, 0.1) is 0 Å². The molecule has 0 saturated carbocycles. The van der Waals surface area contributed by atoms with Gasteiger partial charge in [-0.1, -0.05) is 0 Å². The molecule has 0 unspecified atom stereocenters. The molecule has 2 aliphatic heterocycles. The van der Waals surface area contributed by atoms with E-state index in [0.717, 1.165) is 13.1 Å². The number of rotatable bonds is 5. The maximum Gasteiger partial charge on any atom is 0.333 e. The molecular formula is C14H21N3O5. The van der Waals surface area contributed by atoms with Crippen LogP contribution >= 0.6 is 0 Å². The number of hydrogen-bond donors (Lipinski definition) is 0. The fourth-order valence-corrected chi connectivity index (χ4v) is 2.40. The van der Waals surface area contributed by atoms with E-state index < -0.39 is 17.8 Å². The van der Waals surface area contributed by atoms with E-state index in [9.17, 15) is 19.2 Å². The van der Waals surface area contributed by atoms with E-state index in [1.54, 1.807) is 4.90 Å². The van der Waals surface area contributed by atoms with Crippen molar-refractivity contribution in [2.45, 2.75) is 32.1 Å². The van der Waals surface area contributed by atoms with E-state index in [4.69, 9.17) is 4.84 Å². The summed E-state index contributed by atoms with van der Waals surface area (Å²) in [5.74, 6) is -1.62. The predicted molar refractivity (Wildman–Crippen MR) is 75.1 cm³/mol. The van der Waals surface area contributed by atoms with Crippen molar-refractivity contribution in [2.24, 2.45) is 0 Å². The van der Waals surface area contributed by atoms with Gasteiger partial charge < -0.3 is 14.6 Å². The molecule has 2 aliphatic rings. The van der Waals surface area contributed by atoms with Crippen molar-refractivity contribution in [3.8, 4) is 0 Å². The van der Waals surface area contributed by atoms with Crippen LogP contribution in [-0.4, -0.2) is 71.8 Å². The fraction of sp³-hybridized carbons (Fsp3) is 0.714. The Morgan fingerprint density at radius 3 is 2.18 bits per heavy atom. The zero-order valence-electron chi connectivity index (χ0n) is 12.7. The van der Waals surface area contributed by atoms with Crippen molar-refractivity contribution in [1.82, 2.24) is 14.9 Å². The lowest BCUT2D eigenvalue weighted by Gasteiger charge is -2.32. The second-order valence-electron chi connectivity index (χ2n) is 5.58. The van der Waals surface area contributed by atoms with E-state index in [1.807, 2.05) is 7.05 Å². The van der Waals surface area contributed by atoms with Gasteiger partial charge in [0.25, 0.3) is 11.8 Å². The summed E-state index contributed by atoms with van der Waals surface area (Å²) in [4.78, 5) is 54.8. The van der Waals surface area contributed by atoms with Gasteiger partial charge in [0, 0.05) is 51.9 Å². The molecule has 2 rings (SSSR count). The normalized spacial score (nSPS) is 19.7. The zero-order valence-corrected chi connectivity index (χ0v) is 12.7. The molecule has 2 saturated heterocycles. The quantitative estimate of drug-likeness (QED) is 0.638. The largest absolute Gasteiger partial charge is 0.340 e. The molecule has 3 amide bonds. The number of amides is 3. The van der Waals surface area contributed by atoms with Crippen LogP contribution in [-0.2, 0) is 24.0 Å². The van der Waals surface area contributed by atoms with Gasteiger partial charge >= 0.3 is 5.97 Å². The van der Waals surface area contributed by atoms with Gasteiger partial charge in [-0.25, -0.2) is 4.79 Å². The van der Waals surface area contributed by atoms with Gasteiger partial charge in [-0.05, 0) is 13.5 Å². The van der Waals surface area contributed by atoms with Crippen LogP contribution in [0, 0.1) is 0 Å². The number of hydrogen-bond acceptors (Lipinski definition) is 6. The highest BCUT2D eigenvalue weighted by Gasteiger charge is 2.32. The fourth-order valence-electron chi connectivity index (χ4n) is 2.40. The van der Waals surface area contributed by atoms with Gasteiger partial charge in [-0.15, -0.1) is 5.06 Å². The second kappa shape index (κ2) is 7.35. The van der Waals surface area contributed by atoms with E-state index in [2.05, 4.69) is 4.90 Å². The van der Waals surface area contributed by atoms with Gasteiger partial charge in [0.1, 0.15) is 0 Å². The summed E-state index contributed by atoms with van der Waals surface area (Å²) < 4.78 is 0. The van der Waals surface area contributed by atoms with Gasteiger partial charge in [0.15, 0.2) is 0 Å². The number of likely N-dealkylation sites (N-methyl/N-ethyl adjacent to an activating group) is 1. The molecule has 0 atom stereocenters. The predicted octanol–water partition coefficient (Wildman–Crippen LogP) is -0.462. The van der Waals surface area contributed by atoms with E-state index in [1.165, 1.54) is 0 Å². The lowest BCUT2D eigenvalue weighted by atomic mass is 10.2. The Balaban J connectivity index is 1.65. The van der Waals surface area contributed by atoms with Crippen LogP contribution in [0.1, 0.15) is 32.1 Å². The summed E-state index contributed by atoms with van der Waals surface area (Å²) in [6.07, 6.45) is 0.777. The minimum Gasteiger partial charge on any atom is -0.340 e. The van der Waals surface area contributed by atoms with E-state index in [-0.39, 0.29) is 31.6 Å². The third kappa shape index (κ3) is 4.27. The summed E-state index contributed by atoms with van der Waals surface area (Å²) in [5.41, 5.74) is 0. The first kappa shape index (κ1) is 16.4. The first-order chi connectivity index (χ1) is 10.5. The van der Waals surface area contributed by atoms with Crippen molar-refractivity contribution in [2.75, 3.05) is 33.2 Å². The van der Waals surface area contributed by atoms with Crippen molar-refractivity contribution in [1.29, 1.82) is 0 Å². The zero-order chi connectivity index (χ0) is 16.1. The molecule has 0 N–H and O–H groups in total. The molecule has 22 heavy (non-hydrogen) atoms. The highest BCUT2D eigenvalue weighted by atomic mass is 16.7. The molecule has 0 radical (unpaired) electrons. The van der Waals surface area contributed by atoms with Crippen LogP contribution in [0.5, 0.6) is 0 Å². The summed E-state index contributed by atoms with van der Waals surface area (Å²) in [6, 6.07) is 0. The average molecular weight is 311 g/mol. The van der Waals surface area contributed by atoms with E-state index in [0.29, 0.717) is 24.6 Å². The first-order valence-corrected chi connectivity index (χ1v) is 7.50. The minimum atomic E-state index is -0.658. The molecule has 8 heteroatoms. The summed E-state index contributed by atoms with van der Waals surface area (Å²) in [6.45, 7) is 3.12. The Bertz CT molecular complexity index is 455. The number of imide groups is 1. The van der Waals surface area contributed by atoms with Crippen molar-refractivity contribution >= 4 is 23.7 Å². The molecule has 0 aromatic heterocycles. The molecule has 0 aliphatic carbocycles. The molecule has 2 heterocycles. The molecule has 0 aromatic carbocycles. The molecule has 122 valence electrons. The highest BCUT2D eigenvalue weighted by molar-refractivity contribution is 6.01. The summed E-state index contributed by atoms with van der Waals surface area (Å²) in [5, 5.41) is 0.532. The van der Waals surface area contributed by atoms with E-state index >= 15 is 0 Å². The van der Waals surface area contributed by atoms with Gasteiger partial charge in [0.2, 0.25) is 5.91 Å². The van der Waals surface area contributed by atoms with Crippen LogP contribution in [0.25, 0.3) is 0 Å². The maximum absolute atomic E-state index is 12.0. The van der Waals surface area contributed by atoms with Crippen LogP contribution in [0.15, 0.2) is 0 Å². The molecule has 0 bridgehead atoms. The Kier molecular flexibility index (Phi) is 5.48. The monoisotopic (exact) mass is 311 g/mol. The Hall–Kier alpha value is -1.96. The average Bonchev–Trinajstić information content (AvgIpc) is 2.79. The standard InChI is InChI=1S/C14H21N3O5/c1-15-7-9-16(10-8-15)11(18)3-2-4-14(21)22-17-12(19)5-6-13(17)20/h2-10H2,1H3. The summed E-state index contributed by atoms with van der Waals surface area (Å²) in [7, 11) is 2.01. The van der Waals surface area contributed by atoms with Crippen LogP contribution in [0.4, 0.5) is 0 Å².